The van der Waals surface area contributed by atoms with Crippen molar-refractivity contribution in [2.75, 3.05) is 32.1 Å². The Morgan fingerprint density at radius 1 is 1.13 bits per heavy atom. The molecule has 0 saturated heterocycles. The summed E-state index contributed by atoms with van der Waals surface area (Å²) in [7, 11) is 4.07. The van der Waals surface area contributed by atoms with Crippen molar-refractivity contribution in [3.8, 4) is 0 Å². The first kappa shape index (κ1) is 24.4. The van der Waals surface area contributed by atoms with Gasteiger partial charge in [-0.25, -0.2) is 4.98 Å². The van der Waals surface area contributed by atoms with E-state index in [9.17, 15) is 4.79 Å². The van der Waals surface area contributed by atoms with Crippen LogP contribution in [0.1, 0.15) is 23.1 Å². The lowest BCUT2D eigenvalue weighted by atomic mass is 10.1. The fourth-order valence-electron chi connectivity index (χ4n) is 3.04. The van der Waals surface area contributed by atoms with Crippen molar-refractivity contribution in [2.24, 2.45) is 0 Å². The van der Waals surface area contributed by atoms with Crippen LogP contribution >= 0.6 is 35.3 Å². The summed E-state index contributed by atoms with van der Waals surface area (Å²) >= 11 is 7.78. The number of anilines is 1. The van der Waals surface area contributed by atoms with E-state index >= 15 is 0 Å². The number of halogens is 2. The predicted molar refractivity (Wildman–Crippen MR) is 132 cm³/mol. The van der Waals surface area contributed by atoms with E-state index in [4.69, 9.17) is 16.6 Å². The Hall–Kier alpha value is -1.92. The molecule has 0 unspecified atom stereocenters. The van der Waals surface area contributed by atoms with Gasteiger partial charge in [0, 0.05) is 17.6 Å². The number of rotatable bonds is 7. The van der Waals surface area contributed by atoms with Gasteiger partial charge in [0.2, 0.25) is 0 Å². The van der Waals surface area contributed by atoms with Crippen LogP contribution in [0.15, 0.2) is 42.5 Å². The first-order valence-electron chi connectivity index (χ1n) is 9.62. The molecule has 2 aromatic carbocycles. The molecule has 7 heteroatoms. The molecule has 0 spiro atoms. The lowest BCUT2D eigenvalue weighted by Gasteiger charge is -2.19. The van der Waals surface area contributed by atoms with E-state index in [2.05, 4.69) is 30.9 Å². The topological polar surface area (TPSA) is 36.4 Å². The number of carbonyl (C=O) groups is 1. The van der Waals surface area contributed by atoms with E-state index in [1.54, 1.807) is 28.4 Å². The van der Waals surface area contributed by atoms with E-state index in [0.29, 0.717) is 11.6 Å². The molecule has 0 aliphatic heterocycles. The summed E-state index contributed by atoms with van der Waals surface area (Å²) in [5.41, 5.74) is 4.17. The third-order valence-corrected chi connectivity index (χ3v) is 6.26. The minimum Gasteiger partial charge on any atom is -0.309 e. The fraction of sp³-hybridized carbons (Fsp3) is 0.304. The van der Waals surface area contributed by atoms with Gasteiger partial charge in [-0.05, 0) is 75.8 Å². The Morgan fingerprint density at radius 3 is 2.57 bits per heavy atom. The lowest BCUT2D eigenvalue weighted by molar-refractivity contribution is -0.114. The molecule has 1 aromatic heterocycles. The largest absolute Gasteiger partial charge is 0.309 e. The van der Waals surface area contributed by atoms with E-state index in [-0.39, 0.29) is 18.3 Å². The molecular weight excluding hydrogens is 437 g/mol. The van der Waals surface area contributed by atoms with Crippen LogP contribution < -0.4 is 4.90 Å². The number of aromatic nitrogens is 1. The summed E-state index contributed by atoms with van der Waals surface area (Å²) in [6.45, 7) is 5.68. The monoisotopic (exact) mass is 463 g/mol. The number of carbonyl (C=O) groups excluding carboxylic acids is 1. The molecule has 30 heavy (non-hydrogen) atoms. The number of nitrogens with zero attached hydrogens (tertiary/aromatic N) is 3. The Labute approximate surface area is 193 Å². The molecule has 1 amide bonds. The lowest BCUT2D eigenvalue weighted by Crippen LogP contribution is -2.32. The molecule has 3 rings (SSSR count). The van der Waals surface area contributed by atoms with Crippen molar-refractivity contribution in [3.63, 3.8) is 0 Å². The quantitative estimate of drug-likeness (QED) is 0.403. The molecule has 1 heterocycles. The summed E-state index contributed by atoms with van der Waals surface area (Å²) in [4.78, 5) is 21.8. The molecule has 0 atom stereocenters. The molecule has 0 saturated carbocycles. The minimum atomic E-state index is -0.0860. The van der Waals surface area contributed by atoms with Gasteiger partial charge >= 0.3 is 0 Å². The van der Waals surface area contributed by atoms with Gasteiger partial charge in [0.15, 0.2) is 5.13 Å². The molecular formula is C23H27Cl2N3OS. The van der Waals surface area contributed by atoms with Crippen LogP contribution in [0, 0.1) is 13.8 Å². The van der Waals surface area contributed by atoms with Crippen molar-refractivity contribution in [1.29, 1.82) is 0 Å². The van der Waals surface area contributed by atoms with Gasteiger partial charge in [0.05, 0.1) is 10.2 Å². The molecule has 0 aliphatic rings. The van der Waals surface area contributed by atoms with Gasteiger partial charge in [-0.1, -0.05) is 47.2 Å². The summed E-state index contributed by atoms with van der Waals surface area (Å²) in [6.07, 6.45) is 4.22. The van der Waals surface area contributed by atoms with Gasteiger partial charge in [0.25, 0.3) is 5.91 Å². The first-order chi connectivity index (χ1) is 13.9. The van der Waals surface area contributed by atoms with Crippen molar-refractivity contribution in [2.45, 2.75) is 20.3 Å². The number of hydrogen-bond donors (Lipinski definition) is 0. The second kappa shape index (κ2) is 10.9. The van der Waals surface area contributed by atoms with E-state index < -0.39 is 0 Å². The van der Waals surface area contributed by atoms with Crippen molar-refractivity contribution < 1.29 is 4.79 Å². The van der Waals surface area contributed by atoms with Gasteiger partial charge in [-0.15, -0.1) is 12.4 Å². The average molecular weight is 464 g/mol. The van der Waals surface area contributed by atoms with Crippen LogP contribution in [0.25, 0.3) is 16.3 Å². The van der Waals surface area contributed by atoms with Crippen LogP contribution in [0.2, 0.25) is 5.02 Å². The Bertz CT molecular complexity index is 1050. The maximum absolute atomic E-state index is 13.1. The summed E-state index contributed by atoms with van der Waals surface area (Å²) in [6, 6.07) is 11.7. The van der Waals surface area contributed by atoms with Gasteiger partial charge in [0.1, 0.15) is 0 Å². The van der Waals surface area contributed by atoms with Gasteiger partial charge in [-0.2, -0.15) is 0 Å². The fourth-order valence-corrected chi connectivity index (χ4v) is 4.29. The third-order valence-electron chi connectivity index (χ3n) is 4.87. The Balaban J connectivity index is 0.00000320. The molecule has 3 aromatic rings. The average Bonchev–Trinajstić information content (AvgIpc) is 3.12. The highest BCUT2D eigenvalue weighted by molar-refractivity contribution is 7.22. The molecule has 0 aliphatic carbocycles. The maximum Gasteiger partial charge on any atom is 0.252 e. The molecule has 160 valence electrons. The highest BCUT2D eigenvalue weighted by atomic mass is 35.5. The maximum atomic E-state index is 13.1. The van der Waals surface area contributed by atoms with Crippen LogP contribution in [0.4, 0.5) is 5.13 Å². The zero-order chi connectivity index (χ0) is 21.0. The summed E-state index contributed by atoms with van der Waals surface area (Å²) in [5.74, 6) is -0.0860. The Morgan fingerprint density at radius 2 is 1.87 bits per heavy atom. The van der Waals surface area contributed by atoms with Crippen molar-refractivity contribution >= 4 is 62.7 Å². The number of hydrogen-bond acceptors (Lipinski definition) is 4. The highest BCUT2D eigenvalue weighted by Crippen LogP contribution is 2.32. The predicted octanol–water partition coefficient (Wildman–Crippen LogP) is 5.99. The summed E-state index contributed by atoms with van der Waals surface area (Å²) in [5, 5.41) is 1.36. The van der Waals surface area contributed by atoms with E-state index in [0.717, 1.165) is 39.4 Å². The highest BCUT2D eigenvalue weighted by Gasteiger charge is 2.19. The standard InChI is InChI=1S/C23H26ClN3OS.ClH/c1-16-10-12-20-22(17(16)2)25-23(29-20)27(15-7-14-26(3)4)21(28)13-11-18-8-5-6-9-19(18)24;/h5-6,8-13H,7,14-15H2,1-4H3;1H. The zero-order valence-electron chi connectivity index (χ0n) is 17.7. The summed E-state index contributed by atoms with van der Waals surface area (Å²) < 4.78 is 1.10. The van der Waals surface area contributed by atoms with Crippen LogP contribution in [0.5, 0.6) is 0 Å². The number of benzene rings is 2. The smallest absolute Gasteiger partial charge is 0.252 e. The van der Waals surface area contributed by atoms with Crippen LogP contribution in [0.3, 0.4) is 0 Å². The second-order valence-corrected chi connectivity index (χ2v) is 8.77. The third kappa shape index (κ3) is 5.82. The minimum absolute atomic E-state index is 0. The molecule has 0 fully saturated rings. The van der Waals surface area contributed by atoms with Crippen molar-refractivity contribution in [3.05, 3.63) is 64.2 Å². The van der Waals surface area contributed by atoms with Gasteiger partial charge in [-0.3, -0.25) is 9.69 Å². The van der Waals surface area contributed by atoms with E-state index in [1.165, 1.54) is 5.56 Å². The number of fused-ring (bicyclic) bond motifs is 1. The first-order valence-corrected chi connectivity index (χ1v) is 10.8. The van der Waals surface area contributed by atoms with Crippen molar-refractivity contribution in [1.82, 2.24) is 9.88 Å². The SMILES string of the molecule is Cc1ccc2sc(N(CCCN(C)C)C(=O)C=Cc3ccccc3Cl)nc2c1C.Cl. The van der Waals surface area contributed by atoms with E-state index in [1.807, 2.05) is 38.4 Å². The van der Waals surface area contributed by atoms with Gasteiger partial charge < -0.3 is 4.90 Å². The second-order valence-electron chi connectivity index (χ2n) is 7.35. The molecule has 0 N–H and O–H groups in total. The molecule has 4 nitrogen and oxygen atoms in total. The Kier molecular flexibility index (Phi) is 8.86. The van der Waals surface area contributed by atoms with Crippen LogP contribution in [-0.2, 0) is 4.79 Å². The number of aryl methyl sites for hydroxylation is 2. The number of thiazole rings is 1. The molecule has 0 radical (unpaired) electrons. The molecule has 0 bridgehead atoms. The number of amides is 1. The van der Waals surface area contributed by atoms with Crippen LogP contribution in [-0.4, -0.2) is 43.0 Å². The zero-order valence-corrected chi connectivity index (χ0v) is 20.1. The normalized spacial score (nSPS) is 11.3.